The first-order valence-corrected chi connectivity index (χ1v) is 7.63. The summed E-state index contributed by atoms with van der Waals surface area (Å²) in [6.45, 7) is 4.34. The maximum Gasteiger partial charge on any atom is 0.251 e. The Labute approximate surface area is 128 Å². The number of likely N-dealkylation sites (N-methyl/N-ethyl adjacent to an activating group) is 1. The molecule has 2 rings (SSSR count). The van der Waals surface area contributed by atoms with Crippen LogP contribution in [0.1, 0.15) is 34.0 Å². The molecular formula is C16H27N3O2. The van der Waals surface area contributed by atoms with Crippen LogP contribution in [0.2, 0.25) is 0 Å². The van der Waals surface area contributed by atoms with Crippen molar-refractivity contribution in [1.82, 2.24) is 15.1 Å². The molecule has 2 amide bonds. The van der Waals surface area contributed by atoms with Crippen LogP contribution in [-0.4, -0.2) is 55.3 Å². The van der Waals surface area contributed by atoms with Crippen molar-refractivity contribution in [1.29, 1.82) is 0 Å². The number of hydrogen-bond acceptors (Lipinski definition) is 3. The molecule has 0 radical (unpaired) electrons. The van der Waals surface area contributed by atoms with Crippen molar-refractivity contribution in [3.8, 4) is 0 Å². The van der Waals surface area contributed by atoms with Crippen LogP contribution in [0.4, 0.5) is 0 Å². The van der Waals surface area contributed by atoms with Crippen molar-refractivity contribution in [3.05, 3.63) is 22.9 Å². The molecule has 1 fully saturated rings. The minimum atomic E-state index is -0.0311. The van der Waals surface area contributed by atoms with Crippen LogP contribution in [0.3, 0.4) is 0 Å². The predicted molar refractivity (Wildman–Crippen MR) is 84.6 cm³/mol. The fourth-order valence-electron chi connectivity index (χ4n) is 2.84. The van der Waals surface area contributed by atoms with E-state index in [4.69, 9.17) is 0 Å². The molecule has 0 bridgehead atoms. The normalized spacial score (nSPS) is 19.5. The third kappa shape index (κ3) is 3.94. The molecule has 21 heavy (non-hydrogen) atoms. The number of allylic oxidation sites excluding steroid dienone is 2. The number of carbonyl (C=O) groups excluding carboxylic acids is 2. The first-order valence-electron chi connectivity index (χ1n) is 7.63. The molecule has 5 nitrogen and oxygen atoms in total. The lowest BCUT2D eigenvalue weighted by atomic mass is 10.1. The summed E-state index contributed by atoms with van der Waals surface area (Å²) in [4.78, 5) is 28.1. The van der Waals surface area contributed by atoms with E-state index in [0.717, 1.165) is 18.7 Å². The van der Waals surface area contributed by atoms with E-state index in [-0.39, 0.29) is 13.2 Å². The van der Waals surface area contributed by atoms with Crippen LogP contribution in [0.25, 0.3) is 0 Å². The van der Waals surface area contributed by atoms with Crippen LogP contribution in [0.5, 0.6) is 0 Å². The first-order chi connectivity index (χ1) is 9.99. The lowest BCUT2D eigenvalue weighted by Gasteiger charge is -2.26. The summed E-state index contributed by atoms with van der Waals surface area (Å²) < 4.78 is 0. The zero-order valence-corrected chi connectivity index (χ0v) is 13.2. The predicted octanol–water partition coefficient (Wildman–Crippen LogP) is 1.53. The highest BCUT2D eigenvalue weighted by molar-refractivity contribution is 5.97. The van der Waals surface area contributed by atoms with Gasteiger partial charge in [0.05, 0.1) is 12.2 Å². The Balaban J connectivity index is 0.00000242. The second-order valence-corrected chi connectivity index (χ2v) is 6.03. The molecule has 118 valence electrons. The molecule has 1 aliphatic heterocycles. The van der Waals surface area contributed by atoms with Gasteiger partial charge in [-0.25, -0.2) is 0 Å². The van der Waals surface area contributed by atoms with E-state index in [1.165, 1.54) is 19.3 Å². The van der Waals surface area contributed by atoms with Gasteiger partial charge in [-0.3, -0.25) is 14.5 Å². The van der Waals surface area contributed by atoms with Crippen molar-refractivity contribution in [2.75, 3.05) is 33.7 Å². The summed E-state index contributed by atoms with van der Waals surface area (Å²) in [6.07, 6.45) is 6.18. The SMILES string of the molecule is CC1=CCC(C(=O)N(C)C)=C1NC(=O)CN1CCCCC1.[HH]. The van der Waals surface area contributed by atoms with Crippen LogP contribution in [-0.2, 0) is 9.59 Å². The maximum absolute atomic E-state index is 12.2. The quantitative estimate of drug-likeness (QED) is 0.855. The monoisotopic (exact) mass is 293 g/mol. The first kappa shape index (κ1) is 15.8. The number of amides is 2. The molecule has 1 aliphatic carbocycles. The van der Waals surface area contributed by atoms with Crippen LogP contribution >= 0.6 is 0 Å². The summed E-state index contributed by atoms with van der Waals surface area (Å²) in [7, 11) is 3.46. The lowest BCUT2D eigenvalue weighted by molar-refractivity contribution is -0.124. The fraction of sp³-hybridized carbons (Fsp3) is 0.625. The topological polar surface area (TPSA) is 52.7 Å². The molecular weight excluding hydrogens is 266 g/mol. The number of hydrogen-bond donors (Lipinski definition) is 1. The molecule has 0 aromatic heterocycles. The minimum Gasteiger partial charge on any atom is -0.345 e. The molecule has 5 heteroatoms. The summed E-state index contributed by atoms with van der Waals surface area (Å²) in [5, 5.41) is 2.95. The number of nitrogens with one attached hydrogen (secondary N) is 1. The van der Waals surface area contributed by atoms with Gasteiger partial charge in [0.25, 0.3) is 5.91 Å². The molecule has 0 saturated carbocycles. The zero-order chi connectivity index (χ0) is 15.4. The molecule has 0 aromatic carbocycles. The van der Waals surface area contributed by atoms with E-state index in [9.17, 15) is 9.59 Å². The number of rotatable bonds is 4. The van der Waals surface area contributed by atoms with E-state index in [1.54, 1.807) is 19.0 Å². The van der Waals surface area contributed by atoms with Crippen molar-refractivity contribution in [3.63, 3.8) is 0 Å². The number of carbonyl (C=O) groups is 2. The van der Waals surface area contributed by atoms with Crippen LogP contribution in [0.15, 0.2) is 22.9 Å². The highest BCUT2D eigenvalue weighted by Gasteiger charge is 2.24. The molecule has 0 spiro atoms. The van der Waals surface area contributed by atoms with Gasteiger partial charge in [0, 0.05) is 21.1 Å². The van der Waals surface area contributed by atoms with Gasteiger partial charge < -0.3 is 10.2 Å². The highest BCUT2D eigenvalue weighted by Crippen LogP contribution is 2.25. The molecule has 0 unspecified atom stereocenters. The maximum atomic E-state index is 12.2. The van der Waals surface area contributed by atoms with Gasteiger partial charge >= 0.3 is 0 Å². The largest absolute Gasteiger partial charge is 0.345 e. The van der Waals surface area contributed by atoms with Gasteiger partial charge in [-0.05, 0) is 44.8 Å². The van der Waals surface area contributed by atoms with Gasteiger partial charge in [0.2, 0.25) is 5.91 Å². The van der Waals surface area contributed by atoms with E-state index in [0.29, 0.717) is 24.2 Å². The Morgan fingerprint density at radius 2 is 1.95 bits per heavy atom. The third-order valence-corrected chi connectivity index (χ3v) is 4.05. The van der Waals surface area contributed by atoms with E-state index < -0.39 is 0 Å². The van der Waals surface area contributed by atoms with E-state index in [2.05, 4.69) is 10.2 Å². The summed E-state index contributed by atoms with van der Waals surface area (Å²) in [5.74, 6) is -0.0537. The van der Waals surface area contributed by atoms with Gasteiger partial charge in [-0.1, -0.05) is 12.5 Å². The van der Waals surface area contributed by atoms with Crippen molar-refractivity contribution in [2.24, 2.45) is 0 Å². The lowest BCUT2D eigenvalue weighted by Crippen LogP contribution is -2.40. The number of piperidine rings is 1. The molecule has 1 saturated heterocycles. The average molecular weight is 293 g/mol. The van der Waals surface area contributed by atoms with Crippen molar-refractivity contribution >= 4 is 11.8 Å². The summed E-state index contributed by atoms with van der Waals surface area (Å²) in [6, 6.07) is 0. The molecule has 1 heterocycles. The van der Waals surface area contributed by atoms with Crippen LogP contribution in [0, 0.1) is 0 Å². The smallest absolute Gasteiger partial charge is 0.251 e. The van der Waals surface area contributed by atoms with Gasteiger partial charge in [-0.15, -0.1) is 0 Å². The number of likely N-dealkylation sites (tertiary alicyclic amines) is 1. The second kappa shape index (κ2) is 6.89. The molecule has 0 atom stereocenters. The second-order valence-electron chi connectivity index (χ2n) is 6.03. The Morgan fingerprint density at radius 3 is 2.57 bits per heavy atom. The van der Waals surface area contributed by atoms with Crippen molar-refractivity contribution in [2.45, 2.75) is 32.6 Å². The Kier molecular flexibility index (Phi) is 5.17. The van der Waals surface area contributed by atoms with Gasteiger partial charge in [-0.2, -0.15) is 0 Å². The Morgan fingerprint density at radius 1 is 1.29 bits per heavy atom. The van der Waals surface area contributed by atoms with Crippen molar-refractivity contribution < 1.29 is 11.0 Å². The van der Waals surface area contributed by atoms with Gasteiger partial charge in [0.15, 0.2) is 0 Å². The minimum absolute atomic E-state index is 0. The summed E-state index contributed by atoms with van der Waals surface area (Å²) >= 11 is 0. The van der Waals surface area contributed by atoms with E-state index in [1.807, 2.05) is 13.0 Å². The average Bonchev–Trinajstić information content (AvgIpc) is 2.80. The van der Waals surface area contributed by atoms with E-state index >= 15 is 0 Å². The fourth-order valence-corrected chi connectivity index (χ4v) is 2.84. The Bertz CT molecular complexity index is 492. The summed E-state index contributed by atoms with van der Waals surface area (Å²) in [5.41, 5.74) is 2.37. The molecule has 1 N–H and O–H groups in total. The third-order valence-electron chi connectivity index (χ3n) is 4.05. The highest BCUT2D eigenvalue weighted by atomic mass is 16.2. The Hall–Kier alpha value is -1.62. The standard InChI is InChI=1S/C16H25N3O2.H2/c1-12-7-8-13(16(21)18(2)3)15(12)17-14(20)11-19-9-5-4-6-10-19;/h7H,4-6,8-11H2,1-3H3,(H,17,20);1H. The number of nitrogens with zero attached hydrogens (tertiary/aromatic N) is 2. The zero-order valence-electron chi connectivity index (χ0n) is 13.2. The van der Waals surface area contributed by atoms with Crippen LogP contribution < -0.4 is 5.32 Å². The molecule has 0 aromatic rings. The molecule has 2 aliphatic rings. The van der Waals surface area contributed by atoms with Gasteiger partial charge in [0.1, 0.15) is 0 Å².